The lowest BCUT2D eigenvalue weighted by Crippen LogP contribution is -2.58. The number of nitrogens with one attached hydrogen (secondary N) is 1. The minimum absolute atomic E-state index is 0.0593. The fourth-order valence-corrected chi connectivity index (χ4v) is 2.74. The van der Waals surface area contributed by atoms with Crippen molar-refractivity contribution in [2.24, 2.45) is 17.0 Å². The largest absolute Gasteiger partial charge is 0.463 e. The first-order chi connectivity index (χ1) is 12.4. The Balaban J connectivity index is 2.60. The number of esters is 1. The normalized spacial score (nSPS) is 28.1. The average Bonchev–Trinajstić information content (AvgIpc) is 2.58. The zero-order valence-electron chi connectivity index (χ0n) is 15.7. The number of nitrogens with zero attached hydrogens (tertiary/aromatic N) is 3. The molecule has 5 atom stereocenters. The van der Waals surface area contributed by atoms with E-state index in [4.69, 9.17) is 24.5 Å². The topological polar surface area (TPSA) is 132 Å². The van der Waals surface area contributed by atoms with Crippen LogP contribution in [-0.2, 0) is 28.5 Å². The van der Waals surface area contributed by atoms with Crippen molar-refractivity contribution in [3.05, 3.63) is 10.4 Å². The van der Waals surface area contributed by atoms with Crippen molar-refractivity contribution in [2.45, 2.75) is 46.1 Å². The molecule has 148 valence electrons. The van der Waals surface area contributed by atoms with E-state index >= 15 is 0 Å². The van der Waals surface area contributed by atoms with Gasteiger partial charge in [-0.1, -0.05) is 19.0 Å². The standard InChI is InChI=1S/C16H28N4O6/c1-10-11(2)15(19-12(3)21)16(26-14(10)9-25-13(4)22)24-8-7-23-6-5-18-20-17/h10-11,14-16H,5-9H2,1-4H3,(H,19,21). The third kappa shape index (κ3) is 7.57. The summed E-state index contributed by atoms with van der Waals surface area (Å²) in [6, 6.07) is -0.320. The van der Waals surface area contributed by atoms with E-state index in [0.29, 0.717) is 13.2 Å². The van der Waals surface area contributed by atoms with E-state index in [-0.39, 0.29) is 55.6 Å². The summed E-state index contributed by atoms with van der Waals surface area (Å²) >= 11 is 0. The maximum Gasteiger partial charge on any atom is 0.302 e. The molecule has 0 radical (unpaired) electrons. The molecule has 1 N–H and O–H groups in total. The predicted molar refractivity (Wildman–Crippen MR) is 92.0 cm³/mol. The first kappa shape index (κ1) is 22.2. The molecule has 0 bridgehead atoms. The van der Waals surface area contributed by atoms with Crippen LogP contribution in [0.4, 0.5) is 0 Å². The van der Waals surface area contributed by atoms with Gasteiger partial charge in [0, 0.05) is 25.3 Å². The molecule has 0 aliphatic carbocycles. The van der Waals surface area contributed by atoms with Crippen LogP contribution in [0.25, 0.3) is 10.4 Å². The molecule has 1 heterocycles. The number of amides is 1. The second-order valence-corrected chi connectivity index (χ2v) is 6.23. The summed E-state index contributed by atoms with van der Waals surface area (Å²) in [4.78, 5) is 25.2. The summed E-state index contributed by atoms with van der Waals surface area (Å²) in [6.45, 7) is 8.02. The molecule has 1 amide bonds. The lowest BCUT2D eigenvalue weighted by atomic mass is 9.82. The first-order valence-electron chi connectivity index (χ1n) is 8.63. The van der Waals surface area contributed by atoms with Crippen LogP contribution in [0.5, 0.6) is 0 Å². The van der Waals surface area contributed by atoms with Crippen LogP contribution in [0.2, 0.25) is 0 Å². The highest BCUT2D eigenvalue weighted by Crippen LogP contribution is 2.31. The van der Waals surface area contributed by atoms with Crippen molar-refractivity contribution < 1.29 is 28.5 Å². The Labute approximate surface area is 153 Å². The van der Waals surface area contributed by atoms with Gasteiger partial charge in [-0.25, -0.2) is 0 Å². The fraction of sp³-hybridized carbons (Fsp3) is 0.875. The summed E-state index contributed by atoms with van der Waals surface area (Å²) in [7, 11) is 0. The summed E-state index contributed by atoms with van der Waals surface area (Å²) in [5.74, 6) is -0.422. The van der Waals surface area contributed by atoms with Gasteiger partial charge in [0.15, 0.2) is 6.29 Å². The molecule has 0 saturated carbocycles. The molecule has 1 fully saturated rings. The number of hydrogen-bond donors (Lipinski definition) is 1. The van der Waals surface area contributed by atoms with E-state index in [0.717, 1.165) is 0 Å². The van der Waals surface area contributed by atoms with Gasteiger partial charge in [-0.15, -0.1) is 0 Å². The van der Waals surface area contributed by atoms with Crippen molar-refractivity contribution in [1.29, 1.82) is 0 Å². The van der Waals surface area contributed by atoms with E-state index in [1.807, 2.05) is 13.8 Å². The number of carbonyl (C=O) groups excluding carboxylic acids is 2. The van der Waals surface area contributed by atoms with Gasteiger partial charge in [-0.3, -0.25) is 9.59 Å². The predicted octanol–water partition coefficient (Wildman–Crippen LogP) is 1.39. The first-order valence-corrected chi connectivity index (χ1v) is 8.63. The Morgan fingerprint density at radius 1 is 1.19 bits per heavy atom. The van der Waals surface area contributed by atoms with Gasteiger partial charge in [0.05, 0.1) is 32.0 Å². The maximum absolute atomic E-state index is 11.5. The monoisotopic (exact) mass is 372 g/mol. The third-order valence-corrected chi connectivity index (χ3v) is 4.31. The third-order valence-electron chi connectivity index (χ3n) is 4.31. The van der Waals surface area contributed by atoms with Crippen LogP contribution < -0.4 is 5.32 Å². The summed E-state index contributed by atoms with van der Waals surface area (Å²) in [5.41, 5.74) is 8.19. The molecule has 1 saturated heterocycles. The Kier molecular flexibility index (Phi) is 9.97. The number of carbonyl (C=O) groups is 2. The fourth-order valence-electron chi connectivity index (χ4n) is 2.74. The van der Waals surface area contributed by atoms with Crippen LogP contribution in [0.15, 0.2) is 5.11 Å². The highest BCUT2D eigenvalue weighted by atomic mass is 16.7. The van der Waals surface area contributed by atoms with Gasteiger partial charge >= 0.3 is 5.97 Å². The molecule has 26 heavy (non-hydrogen) atoms. The second-order valence-electron chi connectivity index (χ2n) is 6.23. The van der Waals surface area contributed by atoms with Gasteiger partial charge in [0.2, 0.25) is 5.91 Å². The van der Waals surface area contributed by atoms with E-state index in [1.165, 1.54) is 13.8 Å². The SMILES string of the molecule is CC(=O)NC1C(OCCOCCN=[N+]=[N-])OC(COC(C)=O)C(C)C1C. The zero-order chi connectivity index (χ0) is 19.5. The molecule has 5 unspecified atom stereocenters. The molecule has 0 aromatic heterocycles. The number of rotatable bonds is 10. The van der Waals surface area contributed by atoms with E-state index in [1.54, 1.807) is 0 Å². The molecule has 1 rings (SSSR count). The highest BCUT2D eigenvalue weighted by Gasteiger charge is 2.42. The Bertz CT molecular complexity index is 509. The minimum atomic E-state index is -0.675. The molecule has 1 aliphatic rings. The van der Waals surface area contributed by atoms with Gasteiger partial charge in [-0.2, -0.15) is 0 Å². The van der Waals surface area contributed by atoms with Crippen molar-refractivity contribution in [3.8, 4) is 0 Å². The average molecular weight is 372 g/mol. The molecule has 0 aromatic carbocycles. The van der Waals surface area contributed by atoms with E-state index in [2.05, 4.69) is 15.3 Å². The highest BCUT2D eigenvalue weighted by molar-refractivity contribution is 5.73. The summed E-state index contributed by atoms with van der Waals surface area (Å²) in [6.07, 6.45) is -0.999. The summed E-state index contributed by atoms with van der Waals surface area (Å²) < 4.78 is 22.1. The van der Waals surface area contributed by atoms with Gasteiger partial charge in [0.1, 0.15) is 6.61 Å². The van der Waals surface area contributed by atoms with Crippen molar-refractivity contribution in [1.82, 2.24) is 5.32 Å². The zero-order valence-corrected chi connectivity index (χ0v) is 15.7. The Morgan fingerprint density at radius 2 is 1.92 bits per heavy atom. The Morgan fingerprint density at radius 3 is 2.54 bits per heavy atom. The lowest BCUT2D eigenvalue weighted by Gasteiger charge is -2.44. The van der Waals surface area contributed by atoms with Crippen LogP contribution in [-0.4, -0.2) is 63.3 Å². The minimum Gasteiger partial charge on any atom is -0.463 e. The molecule has 10 heteroatoms. The lowest BCUT2D eigenvalue weighted by molar-refractivity contribution is -0.246. The van der Waals surface area contributed by atoms with Gasteiger partial charge < -0.3 is 24.3 Å². The van der Waals surface area contributed by atoms with Crippen LogP contribution in [0.1, 0.15) is 27.7 Å². The van der Waals surface area contributed by atoms with Crippen LogP contribution in [0.3, 0.4) is 0 Å². The number of ether oxygens (including phenoxy) is 4. The van der Waals surface area contributed by atoms with Crippen LogP contribution in [0, 0.1) is 11.8 Å². The van der Waals surface area contributed by atoms with Crippen molar-refractivity contribution >= 4 is 11.9 Å². The second kappa shape index (κ2) is 11.7. The van der Waals surface area contributed by atoms with Gasteiger partial charge in [0.25, 0.3) is 0 Å². The van der Waals surface area contributed by atoms with E-state index in [9.17, 15) is 9.59 Å². The smallest absolute Gasteiger partial charge is 0.302 e. The molecule has 1 aliphatic heterocycles. The van der Waals surface area contributed by atoms with Crippen molar-refractivity contribution in [2.75, 3.05) is 33.0 Å². The Hall–Kier alpha value is -1.87. The molecular weight excluding hydrogens is 344 g/mol. The summed E-state index contributed by atoms with van der Waals surface area (Å²) in [5, 5.41) is 6.24. The van der Waals surface area contributed by atoms with Crippen LogP contribution >= 0.6 is 0 Å². The molecule has 0 spiro atoms. The number of hydrogen-bond acceptors (Lipinski definition) is 7. The quantitative estimate of drug-likeness (QED) is 0.203. The molecule has 10 nitrogen and oxygen atoms in total. The molecular formula is C16H28N4O6. The maximum atomic E-state index is 11.5. The van der Waals surface area contributed by atoms with Gasteiger partial charge in [-0.05, 0) is 17.4 Å². The van der Waals surface area contributed by atoms with E-state index < -0.39 is 6.29 Å². The van der Waals surface area contributed by atoms with Crippen molar-refractivity contribution in [3.63, 3.8) is 0 Å². The molecule has 0 aromatic rings. The number of azide groups is 1.